The molecule has 0 radical (unpaired) electrons. The van der Waals surface area contributed by atoms with Gasteiger partial charge in [0.1, 0.15) is 6.04 Å². The molecule has 2 atom stereocenters. The smallest absolute Gasteiger partial charge is 0.320 e. The van der Waals surface area contributed by atoms with Gasteiger partial charge in [0, 0.05) is 0 Å². The molecular formula is C17H17N5O3S. The highest BCUT2D eigenvalue weighted by atomic mass is 32.2. The Balaban J connectivity index is 1.77. The second kappa shape index (κ2) is 7.98. The molecule has 2 aromatic carbocycles. The number of nitrogens with zero attached hydrogens (tertiary/aromatic N) is 4. The van der Waals surface area contributed by atoms with Crippen molar-refractivity contribution in [2.75, 3.05) is 0 Å². The molecule has 26 heavy (non-hydrogen) atoms. The third-order valence-electron chi connectivity index (χ3n) is 3.71. The minimum atomic E-state index is -1.47. The van der Waals surface area contributed by atoms with E-state index in [0.717, 1.165) is 16.8 Å². The zero-order valence-electron chi connectivity index (χ0n) is 13.7. The Kier molecular flexibility index (Phi) is 5.49. The lowest BCUT2D eigenvalue weighted by atomic mass is 10.0. The van der Waals surface area contributed by atoms with Gasteiger partial charge in [0.15, 0.2) is 0 Å². The Morgan fingerprint density at radius 3 is 2.62 bits per heavy atom. The molecule has 0 amide bonds. The van der Waals surface area contributed by atoms with Gasteiger partial charge >= 0.3 is 5.97 Å². The quantitative estimate of drug-likeness (QED) is 0.633. The SMILES string of the molecule is NC(Cc1cccc(CS(=O)c2nnnn2-c2ccccc2)c1)C(=O)O. The van der Waals surface area contributed by atoms with Gasteiger partial charge < -0.3 is 10.8 Å². The van der Waals surface area contributed by atoms with Crippen molar-refractivity contribution in [2.24, 2.45) is 5.73 Å². The highest BCUT2D eigenvalue weighted by molar-refractivity contribution is 7.84. The second-order valence-electron chi connectivity index (χ2n) is 5.67. The molecular weight excluding hydrogens is 354 g/mol. The molecule has 0 spiro atoms. The van der Waals surface area contributed by atoms with Crippen molar-refractivity contribution in [3.8, 4) is 5.69 Å². The zero-order valence-corrected chi connectivity index (χ0v) is 14.5. The Morgan fingerprint density at radius 2 is 1.88 bits per heavy atom. The number of benzene rings is 2. The van der Waals surface area contributed by atoms with Crippen LogP contribution in [0.3, 0.4) is 0 Å². The van der Waals surface area contributed by atoms with Crippen LogP contribution in [0, 0.1) is 0 Å². The van der Waals surface area contributed by atoms with Crippen molar-refractivity contribution in [3.63, 3.8) is 0 Å². The normalized spacial score (nSPS) is 13.3. The first-order chi connectivity index (χ1) is 12.5. The fourth-order valence-electron chi connectivity index (χ4n) is 2.46. The van der Waals surface area contributed by atoms with E-state index in [1.165, 1.54) is 4.68 Å². The van der Waals surface area contributed by atoms with Gasteiger partial charge in [-0.25, -0.2) is 0 Å². The maximum atomic E-state index is 12.7. The van der Waals surface area contributed by atoms with Gasteiger partial charge in [0.05, 0.1) is 22.2 Å². The first-order valence-electron chi connectivity index (χ1n) is 7.83. The summed E-state index contributed by atoms with van der Waals surface area (Å²) in [5, 5.41) is 20.6. The maximum Gasteiger partial charge on any atom is 0.320 e. The lowest BCUT2D eigenvalue weighted by Gasteiger charge is -2.08. The van der Waals surface area contributed by atoms with Crippen molar-refractivity contribution >= 4 is 16.8 Å². The lowest BCUT2D eigenvalue weighted by Crippen LogP contribution is -2.32. The van der Waals surface area contributed by atoms with Crippen LogP contribution in [0.4, 0.5) is 0 Å². The van der Waals surface area contributed by atoms with Crippen LogP contribution in [0.5, 0.6) is 0 Å². The fourth-order valence-corrected chi connectivity index (χ4v) is 3.53. The summed E-state index contributed by atoms with van der Waals surface area (Å²) in [6.45, 7) is 0. The van der Waals surface area contributed by atoms with Crippen molar-refractivity contribution in [1.82, 2.24) is 20.2 Å². The Labute approximate surface area is 152 Å². The first kappa shape index (κ1) is 17.9. The molecule has 3 rings (SSSR count). The molecule has 0 bridgehead atoms. The molecule has 0 fully saturated rings. The summed E-state index contributed by atoms with van der Waals surface area (Å²) in [5.41, 5.74) is 7.86. The largest absolute Gasteiger partial charge is 0.480 e. The van der Waals surface area contributed by atoms with Gasteiger partial charge in [-0.15, -0.1) is 0 Å². The highest BCUT2D eigenvalue weighted by Crippen LogP contribution is 2.15. The van der Waals surface area contributed by atoms with E-state index in [1.54, 1.807) is 18.2 Å². The van der Waals surface area contributed by atoms with Crippen LogP contribution in [0.2, 0.25) is 0 Å². The molecule has 2 unspecified atom stereocenters. The molecule has 8 nitrogen and oxygen atoms in total. The average Bonchev–Trinajstić information content (AvgIpc) is 3.12. The van der Waals surface area contributed by atoms with E-state index < -0.39 is 22.8 Å². The molecule has 1 aromatic heterocycles. The van der Waals surface area contributed by atoms with E-state index >= 15 is 0 Å². The van der Waals surface area contributed by atoms with Gasteiger partial charge in [-0.1, -0.05) is 47.6 Å². The predicted molar refractivity (Wildman–Crippen MR) is 95.0 cm³/mol. The van der Waals surface area contributed by atoms with Crippen LogP contribution in [-0.2, 0) is 27.8 Å². The fraction of sp³-hybridized carbons (Fsp3) is 0.176. The van der Waals surface area contributed by atoms with Gasteiger partial charge in [0.25, 0.3) is 0 Å². The average molecular weight is 371 g/mol. The summed E-state index contributed by atoms with van der Waals surface area (Å²) in [6, 6.07) is 15.5. The zero-order chi connectivity index (χ0) is 18.5. The summed E-state index contributed by atoms with van der Waals surface area (Å²) < 4.78 is 14.2. The Hall–Kier alpha value is -2.91. The van der Waals surface area contributed by atoms with E-state index in [1.807, 2.05) is 36.4 Å². The second-order valence-corrected chi connectivity index (χ2v) is 7.01. The number of tetrazole rings is 1. The number of carboxylic acids is 1. The minimum absolute atomic E-state index is 0.206. The summed E-state index contributed by atoms with van der Waals surface area (Å²) in [7, 11) is -1.47. The van der Waals surface area contributed by atoms with E-state index in [-0.39, 0.29) is 17.3 Å². The molecule has 0 saturated carbocycles. The molecule has 0 aliphatic rings. The Bertz CT molecular complexity index is 929. The predicted octanol–water partition coefficient (Wildman–Crippen LogP) is 0.924. The molecule has 0 aliphatic carbocycles. The summed E-state index contributed by atoms with van der Waals surface area (Å²) in [4.78, 5) is 10.9. The topological polar surface area (TPSA) is 124 Å². The number of aromatic nitrogens is 4. The highest BCUT2D eigenvalue weighted by Gasteiger charge is 2.17. The molecule has 3 aromatic rings. The number of nitrogens with two attached hydrogens (primary N) is 1. The lowest BCUT2D eigenvalue weighted by molar-refractivity contribution is -0.138. The minimum Gasteiger partial charge on any atom is -0.480 e. The van der Waals surface area contributed by atoms with E-state index in [2.05, 4.69) is 15.5 Å². The van der Waals surface area contributed by atoms with E-state index in [0.29, 0.717) is 0 Å². The monoisotopic (exact) mass is 371 g/mol. The summed E-state index contributed by atoms with van der Waals surface area (Å²) >= 11 is 0. The first-order valence-corrected chi connectivity index (χ1v) is 9.15. The van der Waals surface area contributed by atoms with Gasteiger partial charge in [-0.3, -0.25) is 9.00 Å². The Morgan fingerprint density at radius 1 is 1.15 bits per heavy atom. The van der Waals surface area contributed by atoms with Crippen LogP contribution >= 0.6 is 0 Å². The van der Waals surface area contributed by atoms with Crippen molar-refractivity contribution in [3.05, 3.63) is 65.7 Å². The number of hydrogen-bond donors (Lipinski definition) is 2. The standard InChI is InChI=1S/C17H17N5O3S/c18-15(16(23)24)10-12-5-4-6-13(9-12)11-26(25)17-19-20-21-22(17)14-7-2-1-3-8-14/h1-9,15H,10-11,18H2,(H,23,24). The number of hydrogen-bond acceptors (Lipinski definition) is 6. The number of carbonyl (C=O) groups is 1. The van der Waals surface area contributed by atoms with Crippen LogP contribution < -0.4 is 5.73 Å². The number of rotatable bonds is 7. The molecule has 9 heteroatoms. The van der Waals surface area contributed by atoms with Gasteiger partial charge in [-0.05, 0) is 40.1 Å². The van der Waals surface area contributed by atoms with Crippen LogP contribution in [0.1, 0.15) is 11.1 Å². The van der Waals surface area contributed by atoms with E-state index in [9.17, 15) is 9.00 Å². The number of aliphatic carboxylic acids is 1. The third kappa shape index (κ3) is 4.19. The van der Waals surface area contributed by atoms with Crippen molar-refractivity contribution < 1.29 is 14.1 Å². The van der Waals surface area contributed by atoms with Crippen molar-refractivity contribution in [2.45, 2.75) is 23.4 Å². The summed E-state index contributed by atoms with van der Waals surface area (Å²) in [6.07, 6.45) is 0.206. The molecule has 0 saturated heterocycles. The molecule has 0 aliphatic heterocycles. The number of para-hydroxylation sites is 1. The van der Waals surface area contributed by atoms with Crippen molar-refractivity contribution in [1.29, 1.82) is 0 Å². The van der Waals surface area contributed by atoms with Crippen LogP contribution in [0.25, 0.3) is 5.69 Å². The van der Waals surface area contributed by atoms with Gasteiger partial charge in [0.2, 0.25) is 5.16 Å². The molecule has 1 heterocycles. The molecule has 3 N–H and O–H groups in total. The van der Waals surface area contributed by atoms with Crippen LogP contribution in [0.15, 0.2) is 59.8 Å². The van der Waals surface area contributed by atoms with Crippen LogP contribution in [-0.4, -0.2) is 41.5 Å². The third-order valence-corrected chi connectivity index (χ3v) is 4.96. The van der Waals surface area contributed by atoms with Gasteiger partial charge in [-0.2, -0.15) is 4.68 Å². The maximum absolute atomic E-state index is 12.7. The van der Waals surface area contributed by atoms with E-state index in [4.69, 9.17) is 10.8 Å². The number of carboxylic acid groups (broad SMARTS) is 1. The molecule has 134 valence electrons. The summed E-state index contributed by atoms with van der Waals surface area (Å²) in [5.74, 6) is -0.843.